The Morgan fingerprint density at radius 2 is 1.74 bits per heavy atom. The van der Waals surface area contributed by atoms with E-state index in [0.29, 0.717) is 105 Å². The highest BCUT2D eigenvalue weighted by Crippen LogP contribution is 2.40. The van der Waals surface area contributed by atoms with Crippen molar-refractivity contribution in [1.82, 2.24) is 30.4 Å². The van der Waals surface area contributed by atoms with Crippen LogP contribution in [0.25, 0.3) is 5.57 Å². The number of likely N-dealkylation sites (tertiary alicyclic amines) is 1. The number of hydrogen-bond donors (Lipinski definition) is 4. The molecule has 2 atom stereocenters. The Balaban J connectivity index is 0.862. The van der Waals surface area contributed by atoms with Gasteiger partial charge in [0, 0.05) is 126 Å². The number of nitrogens with one attached hydrogen (secondary N) is 2. The van der Waals surface area contributed by atoms with Gasteiger partial charge in [-0.1, -0.05) is 6.07 Å². The van der Waals surface area contributed by atoms with Gasteiger partial charge in [0.2, 0.25) is 11.8 Å². The zero-order valence-corrected chi connectivity index (χ0v) is 38.1. The number of alkyl halides is 2. The molecule has 0 radical (unpaired) electrons. The van der Waals surface area contributed by atoms with Crippen LogP contribution in [-0.2, 0) is 20.8 Å². The van der Waals surface area contributed by atoms with E-state index >= 15 is 0 Å². The van der Waals surface area contributed by atoms with E-state index in [0.717, 1.165) is 65.9 Å². The van der Waals surface area contributed by atoms with Crippen LogP contribution < -0.4 is 26.2 Å². The van der Waals surface area contributed by atoms with Crippen molar-refractivity contribution in [3.8, 4) is 0 Å². The molecule has 2 unspecified atom stereocenters. The highest BCUT2D eigenvalue weighted by molar-refractivity contribution is 6.25. The van der Waals surface area contributed by atoms with E-state index in [9.17, 15) is 38.0 Å². The maximum absolute atomic E-state index is 14.7. The average Bonchev–Trinajstić information content (AvgIpc) is 3.56. The zero-order chi connectivity index (χ0) is 46.8. The average molecular weight is 913 g/mol. The quantitative estimate of drug-likeness (QED) is 0.120. The largest absolute Gasteiger partial charge is 0.404 e. The molecule has 0 saturated carbocycles. The van der Waals surface area contributed by atoms with Crippen LogP contribution in [0.3, 0.4) is 0 Å². The first kappa shape index (κ1) is 46.6. The Morgan fingerprint density at radius 1 is 0.970 bits per heavy atom. The summed E-state index contributed by atoms with van der Waals surface area (Å²) in [5, 5.41) is 17.9. The van der Waals surface area contributed by atoms with Crippen molar-refractivity contribution < 1.29 is 38.0 Å². The standard InChI is InChI=1S/C48H62F2N10O6/c1-29(61)56-21-16-38(37(28-56)45(53-3)58-17-6-9-31-22-35(32(24-51)25-52-2)36(44(49)50)23-41(31)58)54-33-14-19-55(20-15-33)42(62)13-4-8-30-26-57(27-30)39-11-5-10-34-43(39)48(65)60(46(34)63)40-12-7-18-59(66)47(40)64/h5,10-11,22-25,30,33,40,44-45,53-54,66H,4,6-9,12-21,26-28,51H2,1-3H3. The fourth-order valence-corrected chi connectivity index (χ4v) is 10.8. The van der Waals surface area contributed by atoms with Gasteiger partial charge in [-0.25, -0.2) is 13.8 Å². The van der Waals surface area contributed by atoms with Gasteiger partial charge in [-0.05, 0) is 99.7 Å². The lowest BCUT2D eigenvalue weighted by Crippen LogP contribution is -2.54. The van der Waals surface area contributed by atoms with Crippen molar-refractivity contribution in [2.75, 3.05) is 76.3 Å². The maximum atomic E-state index is 14.7. The normalized spacial score (nSPS) is 21.6. The lowest BCUT2D eigenvalue weighted by molar-refractivity contribution is -0.175. The molecule has 66 heavy (non-hydrogen) atoms. The van der Waals surface area contributed by atoms with Crippen LogP contribution in [0, 0.1) is 5.92 Å². The number of imide groups is 1. The van der Waals surface area contributed by atoms with E-state index in [1.807, 2.05) is 29.0 Å². The number of halogens is 2. The molecule has 354 valence electrons. The van der Waals surface area contributed by atoms with Crippen LogP contribution in [-0.4, -0.2) is 145 Å². The molecular weight excluding hydrogens is 851 g/mol. The van der Waals surface area contributed by atoms with E-state index < -0.39 is 30.2 Å². The number of aryl methyl sites for hydroxylation is 1. The number of rotatable bonds is 14. The summed E-state index contributed by atoms with van der Waals surface area (Å²) in [6, 6.07) is 7.70. The van der Waals surface area contributed by atoms with E-state index in [1.54, 1.807) is 32.2 Å². The first-order chi connectivity index (χ1) is 31.8. The number of nitrogens with zero attached hydrogens (tertiary/aromatic N) is 7. The number of amides is 5. The van der Waals surface area contributed by atoms with Crippen LogP contribution in [0.5, 0.6) is 0 Å². The second-order valence-electron chi connectivity index (χ2n) is 18.3. The number of hydrogen-bond acceptors (Lipinski definition) is 12. The molecule has 3 fully saturated rings. The number of nitrogens with two attached hydrogens (primary N) is 1. The molecule has 0 spiro atoms. The Kier molecular flexibility index (Phi) is 14.1. The molecule has 8 rings (SSSR count). The van der Waals surface area contributed by atoms with Crippen molar-refractivity contribution in [3.05, 3.63) is 75.6 Å². The molecule has 6 heterocycles. The fraction of sp³-hybridized carbons (Fsp3) is 0.542. The number of piperidine rings is 2. The third kappa shape index (κ3) is 9.13. The molecule has 6 aliphatic heterocycles. The van der Waals surface area contributed by atoms with Crippen molar-refractivity contribution in [3.63, 3.8) is 0 Å². The third-order valence-electron chi connectivity index (χ3n) is 14.3. The topological polar surface area (TPSA) is 187 Å². The molecule has 5 amide bonds. The molecule has 16 nitrogen and oxygen atoms in total. The van der Waals surface area contributed by atoms with Gasteiger partial charge in [-0.2, -0.15) is 0 Å². The van der Waals surface area contributed by atoms with Gasteiger partial charge in [0.15, 0.2) is 0 Å². The molecule has 3 saturated heterocycles. The molecule has 2 aromatic rings. The Hall–Kier alpha value is -5.88. The summed E-state index contributed by atoms with van der Waals surface area (Å²) < 4.78 is 29.3. The second kappa shape index (κ2) is 19.9. The van der Waals surface area contributed by atoms with E-state index in [1.165, 1.54) is 12.4 Å². The van der Waals surface area contributed by atoms with Crippen LogP contribution in [0.2, 0.25) is 0 Å². The van der Waals surface area contributed by atoms with Crippen molar-refractivity contribution in [2.45, 2.75) is 95.8 Å². The Morgan fingerprint density at radius 3 is 2.44 bits per heavy atom. The van der Waals surface area contributed by atoms with Gasteiger partial charge in [0.1, 0.15) is 12.2 Å². The summed E-state index contributed by atoms with van der Waals surface area (Å²) in [5.74, 6) is -1.23. The summed E-state index contributed by atoms with van der Waals surface area (Å²) in [5.41, 5.74) is 11.5. The number of anilines is 2. The summed E-state index contributed by atoms with van der Waals surface area (Å²) in [4.78, 5) is 78.8. The lowest BCUT2D eigenvalue weighted by atomic mass is 9.91. The summed E-state index contributed by atoms with van der Waals surface area (Å²) >= 11 is 0. The van der Waals surface area contributed by atoms with Gasteiger partial charge in [0.05, 0.1) is 16.8 Å². The fourth-order valence-electron chi connectivity index (χ4n) is 10.8. The SMILES string of the molecule is CN=CC(=CN)c1cc2c(cc1C(F)F)N(C(NC)C1=C(NC3CCN(C(=O)CCCC4CN(c5cccc6c5C(=O)N(C5CCCN(O)C5=O)C6=O)C4)CC3)CCN(C(C)=O)C1)CCC2. The summed E-state index contributed by atoms with van der Waals surface area (Å²) in [7, 11) is 3.44. The highest BCUT2D eigenvalue weighted by atomic mass is 19.3. The molecule has 6 aliphatic rings. The molecule has 0 aromatic heterocycles. The minimum atomic E-state index is -2.73. The molecule has 5 N–H and O–H groups in total. The number of carbonyl (C=O) groups excluding carboxylic acids is 5. The zero-order valence-electron chi connectivity index (χ0n) is 38.1. The van der Waals surface area contributed by atoms with Crippen LogP contribution >= 0.6 is 0 Å². The second-order valence-corrected chi connectivity index (χ2v) is 18.3. The minimum absolute atomic E-state index is 0.0268. The van der Waals surface area contributed by atoms with E-state index in [2.05, 4.69) is 25.4 Å². The van der Waals surface area contributed by atoms with Crippen molar-refractivity contribution in [1.29, 1.82) is 0 Å². The number of benzene rings is 2. The molecule has 0 bridgehead atoms. The monoisotopic (exact) mass is 912 g/mol. The van der Waals surface area contributed by atoms with Crippen LogP contribution in [0.15, 0.2) is 52.8 Å². The number of likely N-dealkylation sites (N-methyl/N-ethyl adjacent to an activating group) is 1. The van der Waals surface area contributed by atoms with Gasteiger partial charge in [0.25, 0.3) is 24.1 Å². The summed E-state index contributed by atoms with van der Waals surface area (Å²) in [6.45, 7) is 5.97. The van der Waals surface area contributed by atoms with Crippen LogP contribution in [0.4, 0.5) is 20.2 Å². The highest BCUT2D eigenvalue weighted by Gasteiger charge is 2.47. The maximum Gasteiger partial charge on any atom is 0.269 e. The first-order valence-electron chi connectivity index (χ1n) is 23.3. The van der Waals surface area contributed by atoms with E-state index in [4.69, 9.17) is 5.73 Å². The van der Waals surface area contributed by atoms with Crippen molar-refractivity contribution in [2.24, 2.45) is 16.6 Å². The van der Waals surface area contributed by atoms with Gasteiger partial charge >= 0.3 is 0 Å². The smallest absolute Gasteiger partial charge is 0.269 e. The molecule has 0 aliphatic carbocycles. The lowest BCUT2D eigenvalue weighted by Gasteiger charge is -2.43. The number of fused-ring (bicyclic) bond motifs is 2. The predicted octanol–water partition coefficient (Wildman–Crippen LogP) is 4.29. The van der Waals surface area contributed by atoms with E-state index in [-0.39, 0.29) is 41.7 Å². The van der Waals surface area contributed by atoms with Crippen molar-refractivity contribution >= 4 is 52.7 Å². The Labute approximate surface area is 384 Å². The predicted molar refractivity (Wildman–Crippen MR) is 246 cm³/mol. The minimum Gasteiger partial charge on any atom is -0.404 e. The number of aliphatic imine (C=N–C) groups is 1. The third-order valence-corrected chi connectivity index (χ3v) is 14.3. The first-order valence-corrected chi connectivity index (χ1v) is 23.3. The number of allylic oxidation sites excluding steroid dienone is 1. The molecular formula is C48H62F2N10O6. The van der Waals surface area contributed by atoms with Gasteiger partial charge in [-0.15, -0.1) is 0 Å². The Bertz CT molecular complexity index is 2320. The molecule has 2 aromatic carbocycles. The summed E-state index contributed by atoms with van der Waals surface area (Å²) in [6.07, 6.45) is 6.23. The van der Waals surface area contributed by atoms with Gasteiger partial charge < -0.3 is 30.7 Å². The number of carbonyl (C=O) groups is 5. The number of hydroxylamine groups is 2. The van der Waals surface area contributed by atoms with Gasteiger partial charge in [-0.3, -0.25) is 44.4 Å². The van der Waals surface area contributed by atoms with Crippen LogP contribution in [0.1, 0.15) is 109 Å². The molecule has 18 heteroatoms.